The van der Waals surface area contributed by atoms with Crippen LogP contribution in [0, 0.1) is 0 Å². The molecule has 0 heterocycles. The minimum Gasteiger partial charge on any atom is -0.477 e. The summed E-state index contributed by atoms with van der Waals surface area (Å²) in [6.45, 7) is 4.67. The van der Waals surface area contributed by atoms with E-state index in [4.69, 9.17) is 14.2 Å². The molecule has 0 aromatic heterocycles. The molecule has 0 bridgehead atoms. The second-order valence-electron chi connectivity index (χ2n) is 14.5. The molecule has 286 valence electrons. The predicted molar refractivity (Wildman–Crippen MR) is 202 cm³/mol. The van der Waals surface area contributed by atoms with Crippen molar-refractivity contribution in [2.24, 2.45) is 0 Å². The van der Waals surface area contributed by atoms with Gasteiger partial charge in [-0.15, -0.1) is 0 Å². The smallest absolute Gasteiger partial charge is 0.362 e. The lowest BCUT2D eigenvalue weighted by Gasteiger charge is -2.31. The number of carbonyl (C=O) groups is 3. The van der Waals surface area contributed by atoms with Gasteiger partial charge in [-0.2, -0.15) is 0 Å². The minimum absolute atomic E-state index is 0.0532. The molecule has 0 aliphatic carbocycles. The number of quaternary nitrogens is 1. The van der Waals surface area contributed by atoms with Gasteiger partial charge >= 0.3 is 17.9 Å². The van der Waals surface area contributed by atoms with E-state index in [9.17, 15) is 19.5 Å². The number of unbranched alkanes of at least 4 members (excludes halogenated alkanes) is 17. The largest absolute Gasteiger partial charge is 0.477 e. The zero-order chi connectivity index (χ0) is 36.4. The van der Waals surface area contributed by atoms with Gasteiger partial charge in [-0.25, -0.2) is 4.79 Å². The van der Waals surface area contributed by atoms with E-state index in [2.05, 4.69) is 38.2 Å². The normalized spacial score (nSPS) is 13.2. The number of carboxylic acids is 1. The van der Waals surface area contributed by atoms with Crippen molar-refractivity contribution >= 4 is 17.9 Å². The minimum atomic E-state index is -0.877. The molecule has 0 radical (unpaired) electrons. The third-order valence-electron chi connectivity index (χ3n) is 8.85. The molecule has 0 spiro atoms. The lowest BCUT2D eigenvalue weighted by molar-refractivity contribution is -0.887. The summed E-state index contributed by atoms with van der Waals surface area (Å²) >= 11 is 0. The Bertz CT molecular complexity index is 864. The number of carboxylic acid groups (broad SMARTS) is 1. The van der Waals surface area contributed by atoms with Crippen LogP contribution in [0.1, 0.15) is 168 Å². The molecule has 2 unspecified atom stereocenters. The van der Waals surface area contributed by atoms with Gasteiger partial charge in [-0.3, -0.25) is 9.59 Å². The average molecular weight is 695 g/mol. The fraction of sp³-hybridized carbons (Fsp3) is 0.829. The van der Waals surface area contributed by atoms with Gasteiger partial charge in [0.15, 0.2) is 12.1 Å². The molecule has 0 fully saturated rings. The van der Waals surface area contributed by atoms with Gasteiger partial charge in [-0.05, 0) is 38.5 Å². The van der Waals surface area contributed by atoms with Crippen molar-refractivity contribution in [3.8, 4) is 0 Å². The molecular formula is C41H76NO7+. The maximum atomic E-state index is 12.6. The lowest BCUT2D eigenvalue weighted by Crippen LogP contribution is -2.50. The average Bonchev–Trinajstić information content (AvgIpc) is 3.05. The molecule has 0 aliphatic rings. The monoisotopic (exact) mass is 695 g/mol. The van der Waals surface area contributed by atoms with Crippen LogP contribution in [0.2, 0.25) is 0 Å². The van der Waals surface area contributed by atoms with Crippen molar-refractivity contribution in [2.75, 3.05) is 41.0 Å². The number of aliphatic carboxylic acids is 1. The highest BCUT2D eigenvalue weighted by Crippen LogP contribution is 2.14. The van der Waals surface area contributed by atoms with Crippen LogP contribution < -0.4 is 0 Å². The molecule has 8 nitrogen and oxygen atoms in total. The zero-order valence-corrected chi connectivity index (χ0v) is 32.4. The first kappa shape index (κ1) is 46.8. The highest BCUT2D eigenvalue weighted by atomic mass is 16.6. The van der Waals surface area contributed by atoms with E-state index >= 15 is 0 Å². The fourth-order valence-electron chi connectivity index (χ4n) is 5.69. The Kier molecular flexibility index (Phi) is 31.5. The third-order valence-corrected chi connectivity index (χ3v) is 8.85. The third kappa shape index (κ3) is 31.5. The van der Waals surface area contributed by atoms with Gasteiger partial charge in [0.1, 0.15) is 6.61 Å². The number of ether oxygens (including phenoxy) is 3. The second kappa shape index (κ2) is 33.0. The molecule has 8 heteroatoms. The summed E-state index contributed by atoms with van der Waals surface area (Å²) in [5.41, 5.74) is 0. The summed E-state index contributed by atoms with van der Waals surface area (Å²) in [5.74, 6) is -1.48. The highest BCUT2D eigenvalue weighted by molar-refractivity contribution is 5.72. The molecule has 49 heavy (non-hydrogen) atoms. The number of esters is 2. The van der Waals surface area contributed by atoms with Crippen molar-refractivity contribution < 1.29 is 38.2 Å². The maximum absolute atomic E-state index is 12.6. The van der Waals surface area contributed by atoms with E-state index in [1.165, 1.54) is 70.6 Å². The Morgan fingerprint density at radius 2 is 1.10 bits per heavy atom. The molecule has 1 N–H and O–H groups in total. The number of nitrogens with zero attached hydrogens (tertiary/aromatic N) is 1. The second-order valence-corrected chi connectivity index (χ2v) is 14.5. The predicted octanol–water partition coefficient (Wildman–Crippen LogP) is 10.1. The molecule has 0 saturated carbocycles. The van der Waals surface area contributed by atoms with Crippen molar-refractivity contribution in [1.82, 2.24) is 0 Å². The van der Waals surface area contributed by atoms with Gasteiger partial charge in [-0.1, -0.05) is 134 Å². The maximum Gasteiger partial charge on any atom is 0.362 e. The van der Waals surface area contributed by atoms with Crippen LogP contribution in [-0.2, 0) is 28.6 Å². The van der Waals surface area contributed by atoms with Gasteiger partial charge in [0.2, 0.25) is 0 Å². The van der Waals surface area contributed by atoms with Crippen molar-refractivity contribution in [1.29, 1.82) is 0 Å². The summed E-state index contributed by atoms with van der Waals surface area (Å²) in [6.07, 6.45) is 33.5. The first-order chi connectivity index (χ1) is 23.6. The first-order valence-electron chi connectivity index (χ1n) is 19.9. The van der Waals surface area contributed by atoms with E-state index in [0.29, 0.717) is 19.3 Å². The standard InChI is InChI=1S/C41H75NO7/c1-6-8-10-12-14-16-18-19-20-22-24-26-28-30-32-40(44)49-37(35-47-34-33-38(41(45)46)42(3,4)5)36-48-39(43)31-29-27-25-23-21-17-15-13-11-9-7-2/h12,14,18-19,37-38H,6-11,13,15-17,20-36H2,1-5H3/p+1/b14-12-,19-18-. The number of rotatable bonds is 35. The number of allylic oxidation sites excluding steroid dienone is 4. The van der Waals surface area contributed by atoms with E-state index in [1.807, 2.05) is 21.1 Å². The summed E-state index contributed by atoms with van der Waals surface area (Å²) < 4.78 is 17.2. The summed E-state index contributed by atoms with van der Waals surface area (Å²) in [7, 11) is 5.51. The van der Waals surface area contributed by atoms with E-state index in [0.717, 1.165) is 64.2 Å². The lowest BCUT2D eigenvalue weighted by atomic mass is 10.1. The molecule has 0 aromatic rings. The number of hydrogen-bond donors (Lipinski definition) is 1. The molecule has 2 atom stereocenters. The molecule has 0 saturated heterocycles. The fourth-order valence-corrected chi connectivity index (χ4v) is 5.69. The van der Waals surface area contributed by atoms with Crippen molar-refractivity contribution in [3.63, 3.8) is 0 Å². The van der Waals surface area contributed by atoms with Crippen LogP contribution in [0.3, 0.4) is 0 Å². The quantitative estimate of drug-likeness (QED) is 0.0305. The molecule has 0 aliphatic heterocycles. The van der Waals surface area contributed by atoms with Gasteiger partial charge in [0.25, 0.3) is 0 Å². The van der Waals surface area contributed by atoms with Crippen molar-refractivity contribution in [3.05, 3.63) is 24.3 Å². The molecule has 0 rings (SSSR count). The topological polar surface area (TPSA) is 99.1 Å². The number of hydrogen-bond acceptors (Lipinski definition) is 6. The van der Waals surface area contributed by atoms with Crippen LogP contribution in [-0.4, -0.2) is 80.6 Å². The Morgan fingerprint density at radius 1 is 0.612 bits per heavy atom. The van der Waals surface area contributed by atoms with Crippen LogP contribution in [0.5, 0.6) is 0 Å². The van der Waals surface area contributed by atoms with Crippen molar-refractivity contribution in [2.45, 2.75) is 180 Å². The summed E-state index contributed by atoms with van der Waals surface area (Å²) in [4.78, 5) is 36.8. The Morgan fingerprint density at radius 3 is 1.63 bits per heavy atom. The zero-order valence-electron chi connectivity index (χ0n) is 32.4. The van der Waals surface area contributed by atoms with Gasteiger partial charge < -0.3 is 23.8 Å². The number of likely N-dealkylation sites (N-methyl/N-ethyl adjacent to an activating group) is 1. The van der Waals surface area contributed by atoms with E-state index in [-0.39, 0.29) is 36.2 Å². The van der Waals surface area contributed by atoms with E-state index < -0.39 is 18.1 Å². The molecule has 0 amide bonds. The van der Waals surface area contributed by atoms with Crippen LogP contribution >= 0.6 is 0 Å². The van der Waals surface area contributed by atoms with Crippen LogP contribution in [0.4, 0.5) is 0 Å². The highest BCUT2D eigenvalue weighted by Gasteiger charge is 2.31. The molecular weight excluding hydrogens is 618 g/mol. The Labute approximate surface area is 301 Å². The SMILES string of the molecule is CCCC/C=C\C/C=C\CCCCCCCC(=O)OC(COCCC(C(=O)O)[N+](C)(C)C)COC(=O)CCCCCCCCCCCCC. The van der Waals surface area contributed by atoms with Gasteiger partial charge in [0, 0.05) is 19.3 Å². The Hall–Kier alpha value is -2.19. The summed E-state index contributed by atoms with van der Waals surface area (Å²) in [5, 5.41) is 9.58. The van der Waals surface area contributed by atoms with E-state index in [1.54, 1.807) is 0 Å². The molecule has 0 aromatic carbocycles. The Balaban J connectivity index is 4.43. The van der Waals surface area contributed by atoms with Crippen LogP contribution in [0.25, 0.3) is 0 Å². The summed E-state index contributed by atoms with van der Waals surface area (Å²) in [6, 6.07) is -0.613. The van der Waals surface area contributed by atoms with Crippen LogP contribution in [0.15, 0.2) is 24.3 Å². The first-order valence-corrected chi connectivity index (χ1v) is 19.9. The van der Waals surface area contributed by atoms with Gasteiger partial charge in [0.05, 0.1) is 34.4 Å². The number of carbonyl (C=O) groups excluding carboxylic acids is 2.